The molecule has 0 amide bonds. The highest BCUT2D eigenvalue weighted by Gasteiger charge is 2.32. The standard InChI is InChI=1S/C13H16F3NO/c1-18-12-7-10(13(14,15)16)4-5-11(12)9-3-2-6-17-8-9/h4-5,7,9,17H,2-3,6,8H2,1H3. The average molecular weight is 259 g/mol. The van der Waals surface area contributed by atoms with E-state index in [4.69, 9.17) is 4.74 Å². The normalized spacial score (nSPS) is 20.8. The van der Waals surface area contributed by atoms with Crippen LogP contribution in [-0.4, -0.2) is 20.2 Å². The molecule has 1 N–H and O–H groups in total. The van der Waals surface area contributed by atoms with Crippen molar-refractivity contribution in [3.8, 4) is 5.75 Å². The van der Waals surface area contributed by atoms with Gasteiger partial charge in [0.15, 0.2) is 0 Å². The lowest BCUT2D eigenvalue weighted by atomic mass is 9.90. The van der Waals surface area contributed by atoms with Crippen LogP contribution >= 0.6 is 0 Å². The minimum absolute atomic E-state index is 0.232. The summed E-state index contributed by atoms with van der Waals surface area (Å²) >= 11 is 0. The van der Waals surface area contributed by atoms with Crippen molar-refractivity contribution in [3.05, 3.63) is 29.3 Å². The molecule has 0 aliphatic carbocycles. The van der Waals surface area contributed by atoms with Gasteiger partial charge in [-0.3, -0.25) is 0 Å². The van der Waals surface area contributed by atoms with E-state index in [1.807, 2.05) is 0 Å². The molecule has 0 saturated carbocycles. The SMILES string of the molecule is COc1cc(C(F)(F)F)ccc1C1CCCNC1. The Morgan fingerprint density at radius 1 is 1.33 bits per heavy atom. The van der Waals surface area contributed by atoms with Crippen LogP contribution in [0, 0.1) is 0 Å². The van der Waals surface area contributed by atoms with Gasteiger partial charge >= 0.3 is 6.18 Å². The van der Waals surface area contributed by atoms with Gasteiger partial charge in [0.05, 0.1) is 12.7 Å². The van der Waals surface area contributed by atoms with E-state index in [1.54, 1.807) is 6.07 Å². The van der Waals surface area contributed by atoms with Gasteiger partial charge in [0.25, 0.3) is 0 Å². The monoisotopic (exact) mass is 259 g/mol. The Balaban J connectivity index is 2.30. The van der Waals surface area contributed by atoms with E-state index in [9.17, 15) is 13.2 Å². The Hall–Kier alpha value is -1.23. The summed E-state index contributed by atoms with van der Waals surface area (Å²) in [6.07, 6.45) is -2.31. The first-order chi connectivity index (χ1) is 8.52. The minimum Gasteiger partial charge on any atom is -0.496 e. The molecule has 1 aromatic carbocycles. The highest BCUT2D eigenvalue weighted by Crippen LogP contribution is 2.37. The molecular formula is C13H16F3NO. The molecule has 2 nitrogen and oxygen atoms in total. The number of methoxy groups -OCH3 is 1. The van der Waals surface area contributed by atoms with Crippen molar-refractivity contribution in [2.45, 2.75) is 24.9 Å². The summed E-state index contributed by atoms with van der Waals surface area (Å²) < 4.78 is 42.9. The predicted octanol–water partition coefficient (Wildman–Crippen LogP) is 3.18. The van der Waals surface area contributed by atoms with E-state index in [-0.39, 0.29) is 5.92 Å². The Kier molecular flexibility index (Phi) is 3.80. The molecule has 0 radical (unpaired) electrons. The lowest BCUT2D eigenvalue weighted by Gasteiger charge is -2.25. The predicted molar refractivity (Wildman–Crippen MR) is 62.8 cm³/mol. The molecule has 0 bridgehead atoms. The Bertz CT molecular complexity index is 411. The number of rotatable bonds is 2. The van der Waals surface area contributed by atoms with Crippen LogP contribution in [0.1, 0.15) is 29.9 Å². The fraction of sp³-hybridized carbons (Fsp3) is 0.538. The Morgan fingerprint density at radius 3 is 2.67 bits per heavy atom. The van der Waals surface area contributed by atoms with Crippen molar-refractivity contribution in [2.24, 2.45) is 0 Å². The minimum atomic E-state index is -4.32. The maximum absolute atomic E-state index is 12.6. The highest BCUT2D eigenvalue weighted by molar-refractivity contribution is 5.41. The first kappa shape index (κ1) is 13.2. The van der Waals surface area contributed by atoms with Gasteiger partial charge in [0, 0.05) is 12.5 Å². The summed E-state index contributed by atoms with van der Waals surface area (Å²) in [5.41, 5.74) is 0.199. The van der Waals surface area contributed by atoms with E-state index in [0.717, 1.165) is 43.6 Å². The first-order valence-corrected chi connectivity index (χ1v) is 5.98. The van der Waals surface area contributed by atoms with Crippen LogP contribution in [0.15, 0.2) is 18.2 Å². The average Bonchev–Trinajstić information content (AvgIpc) is 2.38. The second-order valence-corrected chi connectivity index (χ2v) is 4.50. The van der Waals surface area contributed by atoms with Crippen LogP contribution in [0.5, 0.6) is 5.75 Å². The van der Waals surface area contributed by atoms with Crippen LogP contribution < -0.4 is 10.1 Å². The van der Waals surface area contributed by atoms with Crippen LogP contribution in [0.4, 0.5) is 13.2 Å². The van der Waals surface area contributed by atoms with Gasteiger partial charge in [0.1, 0.15) is 5.75 Å². The quantitative estimate of drug-likeness (QED) is 0.880. The van der Waals surface area contributed by atoms with Crippen molar-refractivity contribution in [2.75, 3.05) is 20.2 Å². The molecule has 18 heavy (non-hydrogen) atoms. The summed E-state index contributed by atoms with van der Waals surface area (Å²) in [4.78, 5) is 0. The third kappa shape index (κ3) is 2.77. The van der Waals surface area contributed by atoms with E-state index in [2.05, 4.69) is 5.32 Å². The molecule has 0 aromatic heterocycles. The molecule has 100 valence electrons. The fourth-order valence-corrected chi connectivity index (χ4v) is 2.34. The number of nitrogens with one attached hydrogen (secondary N) is 1. The number of halogens is 3. The molecule has 1 aliphatic rings. The maximum atomic E-state index is 12.6. The molecule has 1 atom stereocenters. The number of hydrogen-bond acceptors (Lipinski definition) is 2. The largest absolute Gasteiger partial charge is 0.496 e. The van der Waals surface area contributed by atoms with Crippen molar-refractivity contribution in [1.82, 2.24) is 5.32 Å². The summed E-state index contributed by atoms with van der Waals surface area (Å²) in [5.74, 6) is 0.564. The molecule has 1 aliphatic heterocycles. The number of benzene rings is 1. The van der Waals surface area contributed by atoms with E-state index in [1.165, 1.54) is 7.11 Å². The lowest BCUT2D eigenvalue weighted by Crippen LogP contribution is -2.28. The first-order valence-electron chi connectivity index (χ1n) is 5.98. The molecule has 1 unspecified atom stereocenters. The number of ether oxygens (including phenoxy) is 1. The summed E-state index contributed by atoms with van der Waals surface area (Å²) in [6, 6.07) is 3.76. The smallest absolute Gasteiger partial charge is 0.416 e. The van der Waals surface area contributed by atoms with Gasteiger partial charge in [-0.2, -0.15) is 13.2 Å². The molecular weight excluding hydrogens is 243 g/mol. The van der Waals surface area contributed by atoms with E-state index < -0.39 is 11.7 Å². The van der Waals surface area contributed by atoms with Gasteiger partial charge in [-0.15, -0.1) is 0 Å². The molecule has 0 spiro atoms. The summed E-state index contributed by atoms with van der Waals surface area (Å²) in [5, 5.41) is 3.25. The zero-order valence-corrected chi connectivity index (χ0v) is 10.2. The van der Waals surface area contributed by atoms with Crippen LogP contribution in [0.2, 0.25) is 0 Å². The number of piperidine rings is 1. The highest BCUT2D eigenvalue weighted by atomic mass is 19.4. The van der Waals surface area contributed by atoms with E-state index in [0.29, 0.717) is 5.75 Å². The summed E-state index contributed by atoms with van der Waals surface area (Å²) in [6.45, 7) is 1.77. The zero-order valence-electron chi connectivity index (χ0n) is 10.2. The third-order valence-corrected chi connectivity index (χ3v) is 3.30. The summed E-state index contributed by atoms with van der Waals surface area (Å²) in [7, 11) is 1.41. The van der Waals surface area contributed by atoms with Gasteiger partial charge in [-0.05, 0) is 37.1 Å². The zero-order chi connectivity index (χ0) is 13.2. The van der Waals surface area contributed by atoms with Crippen molar-refractivity contribution < 1.29 is 17.9 Å². The number of hydrogen-bond donors (Lipinski definition) is 1. The van der Waals surface area contributed by atoms with Crippen molar-refractivity contribution in [1.29, 1.82) is 0 Å². The molecule has 1 aromatic rings. The Morgan fingerprint density at radius 2 is 2.11 bits per heavy atom. The van der Waals surface area contributed by atoms with E-state index >= 15 is 0 Å². The van der Waals surface area contributed by atoms with Gasteiger partial charge < -0.3 is 10.1 Å². The fourth-order valence-electron chi connectivity index (χ4n) is 2.34. The molecule has 5 heteroatoms. The second kappa shape index (κ2) is 5.18. The van der Waals surface area contributed by atoms with Crippen molar-refractivity contribution in [3.63, 3.8) is 0 Å². The van der Waals surface area contributed by atoms with Gasteiger partial charge in [-0.25, -0.2) is 0 Å². The van der Waals surface area contributed by atoms with Crippen molar-refractivity contribution >= 4 is 0 Å². The molecule has 1 fully saturated rings. The molecule has 1 heterocycles. The topological polar surface area (TPSA) is 21.3 Å². The van der Waals surface area contributed by atoms with Gasteiger partial charge in [-0.1, -0.05) is 6.07 Å². The molecule has 1 saturated heterocycles. The van der Waals surface area contributed by atoms with Crippen LogP contribution in [0.25, 0.3) is 0 Å². The second-order valence-electron chi connectivity index (χ2n) is 4.50. The third-order valence-electron chi connectivity index (χ3n) is 3.30. The molecule has 2 rings (SSSR count). The number of alkyl halides is 3. The van der Waals surface area contributed by atoms with Gasteiger partial charge in [0.2, 0.25) is 0 Å². The van der Waals surface area contributed by atoms with Crippen LogP contribution in [-0.2, 0) is 6.18 Å². The maximum Gasteiger partial charge on any atom is 0.416 e. The van der Waals surface area contributed by atoms with Crippen LogP contribution in [0.3, 0.4) is 0 Å². The lowest BCUT2D eigenvalue weighted by molar-refractivity contribution is -0.137. The Labute approximate surface area is 104 Å².